The van der Waals surface area contributed by atoms with Gasteiger partial charge in [-0.2, -0.15) is 0 Å². The smallest absolute Gasteiger partial charge is 0.306 e. The maximum absolute atomic E-state index is 12.9. The summed E-state index contributed by atoms with van der Waals surface area (Å²) in [4.78, 5) is 38.3. The first-order chi connectivity index (χ1) is 37.0. The lowest BCUT2D eigenvalue weighted by molar-refractivity contribution is -0.167. The van der Waals surface area contributed by atoms with Crippen LogP contribution in [0.3, 0.4) is 0 Å². The molecule has 6 heteroatoms. The maximum Gasteiger partial charge on any atom is 0.306 e. The topological polar surface area (TPSA) is 78.9 Å². The highest BCUT2D eigenvalue weighted by atomic mass is 16.6. The van der Waals surface area contributed by atoms with Gasteiger partial charge in [-0.05, 0) is 135 Å². The third-order valence-electron chi connectivity index (χ3n) is 12.6. The summed E-state index contributed by atoms with van der Waals surface area (Å²) in [6.45, 7) is 6.36. The predicted molar refractivity (Wildman–Crippen MR) is 325 cm³/mol. The molecule has 0 saturated carbocycles. The number of rotatable bonds is 54. The Kier molecular flexibility index (Phi) is 58.4. The van der Waals surface area contributed by atoms with Crippen LogP contribution in [0.25, 0.3) is 0 Å². The van der Waals surface area contributed by atoms with E-state index in [-0.39, 0.29) is 31.1 Å². The second-order valence-electron chi connectivity index (χ2n) is 19.8. The van der Waals surface area contributed by atoms with Crippen molar-refractivity contribution in [3.05, 3.63) is 134 Å². The van der Waals surface area contributed by atoms with Crippen LogP contribution < -0.4 is 0 Å². The molecule has 0 bridgehead atoms. The molecule has 0 radical (unpaired) electrons. The zero-order valence-corrected chi connectivity index (χ0v) is 48.5. The van der Waals surface area contributed by atoms with Gasteiger partial charge < -0.3 is 14.2 Å². The fourth-order valence-corrected chi connectivity index (χ4v) is 8.08. The van der Waals surface area contributed by atoms with E-state index in [4.69, 9.17) is 14.2 Å². The summed E-state index contributed by atoms with van der Waals surface area (Å²) < 4.78 is 16.9. The summed E-state index contributed by atoms with van der Waals surface area (Å²) in [5.74, 6) is -0.940. The molecule has 6 nitrogen and oxygen atoms in total. The summed E-state index contributed by atoms with van der Waals surface area (Å²) in [6.07, 6.45) is 87.2. The molecule has 0 amide bonds. The van der Waals surface area contributed by atoms with Crippen molar-refractivity contribution in [3.8, 4) is 0 Å². The molecule has 75 heavy (non-hydrogen) atoms. The molecule has 0 fully saturated rings. The van der Waals surface area contributed by atoms with Crippen LogP contribution in [0.2, 0.25) is 0 Å². The summed E-state index contributed by atoms with van der Waals surface area (Å²) in [5.41, 5.74) is 0. The highest BCUT2D eigenvalue weighted by molar-refractivity contribution is 5.71. The first-order valence-electron chi connectivity index (χ1n) is 30.7. The summed E-state index contributed by atoms with van der Waals surface area (Å²) in [6, 6.07) is 0. The summed E-state index contributed by atoms with van der Waals surface area (Å²) >= 11 is 0. The Labute approximate surface area is 462 Å². The molecule has 0 aliphatic rings. The predicted octanol–water partition coefficient (Wildman–Crippen LogP) is 21.0. The molecule has 424 valence electrons. The van der Waals surface area contributed by atoms with Crippen LogP contribution in [-0.4, -0.2) is 37.2 Å². The van der Waals surface area contributed by atoms with E-state index in [1.54, 1.807) is 0 Å². The average Bonchev–Trinajstić information content (AvgIpc) is 3.41. The molecule has 0 N–H and O–H groups in total. The lowest BCUT2D eigenvalue weighted by atomic mass is 10.1. The van der Waals surface area contributed by atoms with E-state index >= 15 is 0 Å². The molecular formula is C69H112O6. The van der Waals surface area contributed by atoms with Crippen molar-refractivity contribution >= 4 is 17.9 Å². The highest BCUT2D eigenvalue weighted by Crippen LogP contribution is 2.14. The van der Waals surface area contributed by atoms with Crippen molar-refractivity contribution < 1.29 is 28.6 Å². The molecule has 0 aliphatic carbocycles. The van der Waals surface area contributed by atoms with Gasteiger partial charge in [-0.3, -0.25) is 14.4 Å². The molecule has 0 aliphatic heterocycles. The van der Waals surface area contributed by atoms with Crippen molar-refractivity contribution in [1.82, 2.24) is 0 Å². The van der Waals surface area contributed by atoms with Crippen molar-refractivity contribution in [2.24, 2.45) is 0 Å². The number of hydrogen-bond acceptors (Lipinski definition) is 6. The molecule has 0 aromatic heterocycles. The lowest BCUT2D eigenvalue weighted by Crippen LogP contribution is -2.30. The van der Waals surface area contributed by atoms with Gasteiger partial charge in [0.15, 0.2) is 6.10 Å². The van der Waals surface area contributed by atoms with Gasteiger partial charge in [0.05, 0.1) is 0 Å². The van der Waals surface area contributed by atoms with Crippen LogP contribution in [0.5, 0.6) is 0 Å². The van der Waals surface area contributed by atoms with Gasteiger partial charge in [0.2, 0.25) is 0 Å². The highest BCUT2D eigenvalue weighted by Gasteiger charge is 2.19. The van der Waals surface area contributed by atoms with E-state index < -0.39 is 6.10 Å². The van der Waals surface area contributed by atoms with Crippen LogP contribution in [-0.2, 0) is 28.6 Å². The van der Waals surface area contributed by atoms with Crippen molar-refractivity contribution in [1.29, 1.82) is 0 Å². The van der Waals surface area contributed by atoms with E-state index in [0.717, 1.165) is 161 Å². The van der Waals surface area contributed by atoms with E-state index in [9.17, 15) is 14.4 Å². The summed E-state index contributed by atoms with van der Waals surface area (Å²) in [5, 5.41) is 0. The monoisotopic (exact) mass is 1040 g/mol. The Bertz CT molecular complexity index is 1620. The molecule has 1 unspecified atom stereocenters. The van der Waals surface area contributed by atoms with Crippen LogP contribution in [0.1, 0.15) is 265 Å². The van der Waals surface area contributed by atoms with Crippen molar-refractivity contribution in [3.63, 3.8) is 0 Å². The van der Waals surface area contributed by atoms with Crippen LogP contribution in [0.15, 0.2) is 134 Å². The van der Waals surface area contributed by atoms with Gasteiger partial charge in [0.1, 0.15) is 13.2 Å². The molecular weight excluding hydrogens is 925 g/mol. The zero-order chi connectivity index (χ0) is 54.3. The second kappa shape index (κ2) is 62.1. The first kappa shape index (κ1) is 70.5. The minimum Gasteiger partial charge on any atom is -0.462 e. The lowest BCUT2D eigenvalue weighted by Gasteiger charge is -2.18. The number of unbranched alkanes of at least 4 members (excludes halogenated alkanes) is 21. The summed E-state index contributed by atoms with van der Waals surface area (Å²) in [7, 11) is 0. The number of allylic oxidation sites excluding steroid dienone is 22. The van der Waals surface area contributed by atoms with Gasteiger partial charge >= 0.3 is 17.9 Å². The Morgan fingerprint density at radius 2 is 0.520 bits per heavy atom. The Morgan fingerprint density at radius 1 is 0.280 bits per heavy atom. The molecule has 0 aromatic rings. The van der Waals surface area contributed by atoms with Crippen molar-refractivity contribution in [2.75, 3.05) is 13.2 Å². The SMILES string of the molecule is CC/C=C\C/C=C\C/C=C\C/C=C\C/C=C\CCCCCCCC(=O)OCC(COC(=O)CCCCCCCCC/C=C\C/C=C\C/C=C\CC)OC(=O)CCCCCCCC/C=C\C/C=C\C/C=C\CCCCC. The maximum atomic E-state index is 12.9. The van der Waals surface area contributed by atoms with Crippen LogP contribution in [0.4, 0.5) is 0 Å². The fraction of sp³-hybridized carbons (Fsp3) is 0.638. The molecule has 0 rings (SSSR count). The van der Waals surface area contributed by atoms with Gasteiger partial charge in [-0.25, -0.2) is 0 Å². The Balaban J connectivity index is 4.49. The number of hydrogen-bond donors (Lipinski definition) is 0. The fourth-order valence-electron chi connectivity index (χ4n) is 8.08. The number of ether oxygens (including phenoxy) is 3. The van der Waals surface area contributed by atoms with Crippen molar-refractivity contribution in [2.45, 2.75) is 271 Å². The quantitative estimate of drug-likeness (QED) is 0.0261. The number of esters is 3. The minimum atomic E-state index is -0.804. The van der Waals surface area contributed by atoms with E-state index in [1.165, 1.54) is 64.2 Å². The van der Waals surface area contributed by atoms with Gasteiger partial charge in [0.25, 0.3) is 0 Å². The largest absolute Gasteiger partial charge is 0.462 e. The number of carbonyl (C=O) groups is 3. The standard InChI is InChI=1S/C69H112O6/c1-4-7-10-13-16-19-22-25-28-31-33-34-36-38-41-44-47-50-53-56-59-62-68(71)74-65-66(64-73-67(70)61-58-55-52-49-46-43-40-37-30-27-24-21-18-15-12-9-6-3)75-69(72)63-60-57-54-51-48-45-42-39-35-32-29-26-23-20-17-14-11-8-5-2/h7,9-10,12,16-21,25-30,33-35,38-39,41,66H,4-6,8,11,13-15,22-24,31-32,36-37,40,42-65H2,1-3H3/b10-7-,12-9-,19-16-,20-17-,21-18-,28-25-,29-26-,30-27-,34-33-,39-35-,41-38-. The van der Waals surface area contributed by atoms with Crippen LogP contribution in [0, 0.1) is 0 Å². The molecule has 1 atom stereocenters. The third-order valence-corrected chi connectivity index (χ3v) is 12.6. The molecule has 0 heterocycles. The van der Waals surface area contributed by atoms with E-state index in [1.807, 2.05) is 0 Å². The van der Waals surface area contributed by atoms with E-state index in [2.05, 4.69) is 154 Å². The molecule has 0 saturated heterocycles. The first-order valence-corrected chi connectivity index (χ1v) is 30.7. The second-order valence-corrected chi connectivity index (χ2v) is 19.8. The average molecular weight is 1040 g/mol. The molecule has 0 aromatic carbocycles. The zero-order valence-electron chi connectivity index (χ0n) is 48.5. The minimum absolute atomic E-state index is 0.0992. The van der Waals surface area contributed by atoms with E-state index in [0.29, 0.717) is 19.3 Å². The van der Waals surface area contributed by atoms with Gasteiger partial charge in [0, 0.05) is 19.3 Å². The van der Waals surface area contributed by atoms with Gasteiger partial charge in [-0.1, -0.05) is 244 Å². The third kappa shape index (κ3) is 60.3. The van der Waals surface area contributed by atoms with Gasteiger partial charge in [-0.15, -0.1) is 0 Å². The number of carbonyl (C=O) groups excluding carboxylic acids is 3. The normalized spacial score (nSPS) is 13.1. The van der Waals surface area contributed by atoms with Crippen LogP contribution >= 0.6 is 0 Å². The Morgan fingerprint density at radius 3 is 0.813 bits per heavy atom. The Hall–Kier alpha value is -4.45. The molecule has 0 spiro atoms.